The van der Waals surface area contributed by atoms with Gasteiger partial charge in [0.15, 0.2) is 0 Å². The van der Waals surface area contributed by atoms with Gasteiger partial charge in [0.25, 0.3) is 0 Å². The van der Waals surface area contributed by atoms with Gasteiger partial charge in [-0.3, -0.25) is 4.79 Å². The van der Waals surface area contributed by atoms with Crippen molar-refractivity contribution < 1.29 is 9.53 Å². The van der Waals surface area contributed by atoms with Crippen LogP contribution in [0.5, 0.6) is 5.75 Å². The molecule has 0 heterocycles. The van der Waals surface area contributed by atoms with Crippen LogP contribution in [0.4, 0.5) is 0 Å². The first-order chi connectivity index (χ1) is 10.8. The van der Waals surface area contributed by atoms with Crippen molar-refractivity contribution in [2.24, 2.45) is 0 Å². The van der Waals surface area contributed by atoms with Gasteiger partial charge in [-0.15, -0.1) is 0 Å². The molecule has 1 amide bonds. The van der Waals surface area contributed by atoms with Crippen LogP contribution in [-0.2, 0) is 17.6 Å². The van der Waals surface area contributed by atoms with Crippen molar-refractivity contribution >= 4 is 5.91 Å². The van der Waals surface area contributed by atoms with Gasteiger partial charge in [-0.2, -0.15) is 0 Å². The zero-order chi connectivity index (χ0) is 15.6. The van der Waals surface area contributed by atoms with E-state index >= 15 is 0 Å². The molecule has 0 bridgehead atoms. The number of ether oxygens (including phenoxy) is 1. The van der Waals surface area contributed by atoms with Gasteiger partial charge in [0.05, 0.1) is 6.54 Å². The minimum Gasteiger partial charge on any atom is -0.492 e. The number of carbonyl (C=O) groups is 1. The lowest BCUT2D eigenvalue weighted by atomic mass is 10.1. The average Bonchev–Trinajstić information content (AvgIpc) is 2.58. The van der Waals surface area contributed by atoms with Crippen molar-refractivity contribution in [1.29, 1.82) is 0 Å². The lowest BCUT2D eigenvalue weighted by molar-refractivity contribution is -0.121. The smallest absolute Gasteiger partial charge is 0.220 e. The number of rotatable bonds is 8. The highest BCUT2D eigenvalue weighted by atomic mass is 16.5. The monoisotopic (exact) mass is 297 g/mol. The molecule has 0 radical (unpaired) electrons. The minimum absolute atomic E-state index is 0.0660. The summed E-state index contributed by atoms with van der Waals surface area (Å²) in [6, 6.07) is 18.1. The second-order valence-electron chi connectivity index (χ2n) is 5.18. The fourth-order valence-electron chi connectivity index (χ4n) is 2.16. The lowest BCUT2D eigenvalue weighted by Gasteiger charge is -2.08. The van der Waals surface area contributed by atoms with Crippen LogP contribution in [0.15, 0.2) is 54.6 Å². The molecule has 0 saturated heterocycles. The third kappa shape index (κ3) is 5.60. The highest BCUT2D eigenvalue weighted by Gasteiger charge is 2.02. The van der Waals surface area contributed by atoms with Crippen LogP contribution < -0.4 is 10.1 Å². The van der Waals surface area contributed by atoms with E-state index in [2.05, 4.69) is 36.5 Å². The Morgan fingerprint density at radius 2 is 1.68 bits per heavy atom. The van der Waals surface area contributed by atoms with E-state index in [-0.39, 0.29) is 5.91 Å². The van der Waals surface area contributed by atoms with E-state index in [1.165, 1.54) is 11.1 Å². The summed E-state index contributed by atoms with van der Waals surface area (Å²) >= 11 is 0. The van der Waals surface area contributed by atoms with Crippen molar-refractivity contribution in [3.63, 3.8) is 0 Å². The van der Waals surface area contributed by atoms with E-state index in [4.69, 9.17) is 4.74 Å². The number of aryl methyl sites for hydroxylation is 2. The highest BCUT2D eigenvalue weighted by Crippen LogP contribution is 2.08. The largest absolute Gasteiger partial charge is 0.492 e. The summed E-state index contributed by atoms with van der Waals surface area (Å²) in [5.41, 5.74) is 2.53. The van der Waals surface area contributed by atoms with E-state index in [1.807, 2.05) is 30.3 Å². The summed E-state index contributed by atoms with van der Waals surface area (Å²) in [4.78, 5) is 11.8. The molecular weight excluding hydrogens is 274 g/mol. The van der Waals surface area contributed by atoms with Crippen molar-refractivity contribution in [3.8, 4) is 5.75 Å². The summed E-state index contributed by atoms with van der Waals surface area (Å²) in [6.07, 6.45) is 2.33. The van der Waals surface area contributed by atoms with Crippen molar-refractivity contribution in [3.05, 3.63) is 65.7 Å². The first kappa shape index (κ1) is 16.1. The highest BCUT2D eigenvalue weighted by molar-refractivity contribution is 5.76. The van der Waals surface area contributed by atoms with Gasteiger partial charge in [-0.1, -0.05) is 49.4 Å². The average molecular weight is 297 g/mol. The molecule has 2 aromatic carbocycles. The maximum absolute atomic E-state index is 11.8. The van der Waals surface area contributed by atoms with Gasteiger partial charge in [0.2, 0.25) is 5.91 Å². The molecule has 0 spiro atoms. The Balaban J connectivity index is 1.61. The molecule has 0 atom stereocenters. The van der Waals surface area contributed by atoms with Crippen LogP contribution in [-0.4, -0.2) is 19.1 Å². The molecule has 3 nitrogen and oxygen atoms in total. The Kier molecular flexibility index (Phi) is 6.49. The SMILES string of the molecule is CCc1ccc(CCC(=O)NCCOc2ccccc2)cc1. The molecule has 2 rings (SSSR count). The summed E-state index contributed by atoms with van der Waals surface area (Å²) in [7, 11) is 0. The molecule has 3 heteroatoms. The van der Waals surface area contributed by atoms with Crippen LogP contribution in [0, 0.1) is 0 Å². The van der Waals surface area contributed by atoms with Crippen molar-refractivity contribution in [2.75, 3.05) is 13.2 Å². The number of hydrogen-bond acceptors (Lipinski definition) is 2. The molecule has 0 fully saturated rings. The topological polar surface area (TPSA) is 38.3 Å². The quantitative estimate of drug-likeness (QED) is 0.759. The molecule has 0 aliphatic rings. The fourth-order valence-corrected chi connectivity index (χ4v) is 2.16. The standard InChI is InChI=1S/C19H23NO2/c1-2-16-8-10-17(11-9-16)12-13-19(21)20-14-15-22-18-6-4-3-5-7-18/h3-11H,2,12-15H2,1H3,(H,20,21). The normalized spacial score (nSPS) is 10.2. The van der Waals surface area contributed by atoms with Crippen LogP contribution in [0.25, 0.3) is 0 Å². The summed E-state index contributed by atoms with van der Waals surface area (Å²) in [5, 5.41) is 2.88. The van der Waals surface area contributed by atoms with Crippen LogP contribution >= 0.6 is 0 Å². The summed E-state index contributed by atoms with van der Waals surface area (Å²) in [5.74, 6) is 0.893. The molecule has 0 saturated carbocycles. The number of para-hydroxylation sites is 1. The maximum Gasteiger partial charge on any atom is 0.220 e. The molecule has 2 aromatic rings. The predicted octanol–water partition coefficient (Wildman–Crippen LogP) is 3.38. The Morgan fingerprint density at radius 1 is 1.00 bits per heavy atom. The van der Waals surface area contributed by atoms with E-state index in [1.54, 1.807) is 0 Å². The zero-order valence-electron chi connectivity index (χ0n) is 13.0. The van der Waals surface area contributed by atoms with Gasteiger partial charge >= 0.3 is 0 Å². The Bertz CT molecular complexity index is 564. The molecule has 0 aliphatic carbocycles. The Labute approximate surface area is 132 Å². The third-order valence-electron chi connectivity index (χ3n) is 3.51. The van der Waals surface area contributed by atoms with Crippen LogP contribution in [0.3, 0.4) is 0 Å². The first-order valence-electron chi connectivity index (χ1n) is 7.80. The summed E-state index contributed by atoms with van der Waals surface area (Å²) in [6.45, 7) is 3.16. The van der Waals surface area contributed by atoms with E-state index < -0.39 is 0 Å². The van der Waals surface area contributed by atoms with E-state index in [9.17, 15) is 4.79 Å². The zero-order valence-corrected chi connectivity index (χ0v) is 13.0. The van der Waals surface area contributed by atoms with E-state index in [0.717, 1.165) is 18.6 Å². The van der Waals surface area contributed by atoms with Gasteiger partial charge in [-0.25, -0.2) is 0 Å². The molecule has 22 heavy (non-hydrogen) atoms. The summed E-state index contributed by atoms with van der Waals surface area (Å²) < 4.78 is 5.53. The molecular formula is C19H23NO2. The molecule has 1 N–H and O–H groups in total. The second-order valence-corrected chi connectivity index (χ2v) is 5.18. The third-order valence-corrected chi connectivity index (χ3v) is 3.51. The van der Waals surface area contributed by atoms with Gasteiger partial charge in [-0.05, 0) is 36.1 Å². The molecule has 0 aromatic heterocycles. The number of hydrogen-bond donors (Lipinski definition) is 1. The molecule has 116 valence electrons. The Morgan fingerprint density at radius 3 is 2.36 bits per heavy atom. The second kappa shape index (κ2) is 8.88. The predicted molar refractivity (Wildman–Crippen MR) is 89.1 cm³/mol. The number of benzene rings is 2. The van der Waals surface area contributed by atoms with Crippen LogP contribution in [0.2, 0.25) is 0 Å². The van der Waals surface area contributed by atoms with Gasteiger partial charge in [0.1, 0.15) is 12.4 Å². The number of nitrogens with one attached hydrogen (secondary N) is 1. The van der Waals surface area contributed by atoms with Gasteiger partial charge in [0, 0.05) is 6.42 Å². The van der Waals surface area contributed by atoms with Gasteiger partial charge < -0.3 is 10.1 Å². The van der Waals surface area contributed by atoms with Crippen molar-refractivity contribution in [2.45, 2.75) is 26.2 Å². The lowest BCUT2D eigenvalue weighted by Crippen LogP contribution is -2.28. The fraction of sp³-hybridized carbons (Fsp3) is 0.316. The molecule has 0 unspecified atom stereocenters. The maximum atomic E-state index is 11.8. The number of amides is 1. The number of carbonyl (C=O) groups excluding carboxylic acids is 1. The first-order valence-corrected chi connectivity index (χ1v) is 7.80. The van der Waals surface area contributed by atoms with E-state index in [0.29, 0.717) is 19.6 Å². The molecule has 0 aliphatic heterocycles. The Hall–Kier alpha value is -2.29. The minimum atomic E-state index is 0.0660. The van der Waals surface area contributed by atoms with Crippen LogP contribution in [0.1, 0.15) is 24.5 Å². The van der Waals surface area contributed by atoms with Crippen molar-refractivity contribution in [1.82, 2.24) is 5.32 Å².